The van der Waals surface area contributed by atoms with Gasteiger partial charge in [0.25, 0.3) is 0 Å². The van der Waals surface area contributed by atoms with Crippen LogP contribution in [0.15, 0.2) is 12.3 Å². The highest BCUT2D eigenvalue weighted by molar-refractivity contribution is 4.97. The van der Waals surface area contributed by atoms with E-state index in [0.717, 1.165) is 32.0 Å². The Bertz CT molecular complexity index is 279. The maximum Gasteiger partial charge on any atom is 0.0762 e. The van der Waals surface area contributed by atoms with Crippen LogP contribution < -0.4 is 5.32 Å². The van der Waals surface area contributed by atoms with Crippen molar-refractivity contribution in [2.45, 2.75) is 13.0 Å². The van der Waals surface area contributed by atoms with Crippen molar-refractivity contribution in [3.05, 3.63) is 18.0 Å². The molecular weight excluding hydrogens is 178 g/mol. The van der Waals surface area contributed by atoms with Gasteiger partial charge in [-0.15, -0.1) is 0 Å². The Morgan fingerprint density at radius 3 is 3.29 bits per heavy atom. The lowest BCUT2D eigenvalue weighted by Crippen LogP contribution is -2.22. The molecule has 0 radical (unpaired) electrons. The average molecular weight is 195 g/mol. The van der Waals surface area contributed by atoms with E-state index in [-0.39, 0.29) is 0 Å². The molecule has 2 rings (SSSR count). The number of ether oxygens (including phenoxy) is 1. The molecule has 1 aliphatic rings. The van der Waals surface area contributed by atoms with Gasteiger partial charge in [-0.3, -0.25) is 4.68 Å². The molecule has 0 aliphatic carbocycles. The Balaban J connectivity index is 1.67. The second-order valence-electron chi connectivity index (χ2n) is 3.84. The van der Waals surface area contributed by atoms with Crippen LogP contribution in [0.1, 0.15) is 12.1 Å². The van der Waals surface area contributed by atoms with Gasteiger partial charge in [0, 0.05) is 32.9 Å². The van der Waals surface area contributed by atoms with Crippen LogP contribution in [-0.2, 0) is 18.3 Å². The van der Waals surface area contributed by atoms with E-state index in [1.54, 1.807) is 0 Å². The highest BCUT2D eigenvalue weighted by Gasteiger charge is 2.14. The first-order valence-corrected chi connectivity index (χ1v) is 5.11. The van der Waals surface area contributed by atoms with Gasteiger partial charge in [0.15, 0.2) is 0 Å². The summed E-state index contributed by atoms with van der Waals surface area (Å²) in [7, 11) is 1.94. The predicted molar refractivity (Wildman–Crippen MR) is 53.8 cm³/mol. The van der Waals surface area contributed by atoms with E-state index >= 15 is 0 Å². The third kappa shape index (κ3) is 2.56. The van der Waals surface area contributed by atoms with Crippen molar-refractivity contribution in [2.24, 2.45) is 13.0 Å². The zero-order chi connectivity index (χ0) is 9.80. The standard InChI is InChI=1S/C10H17N3O/c1-13-4-2-10(12-13)7-11-6-9-3-5-14-8-9/h2,4,9,11H,3,5-8H2,1H3. The minimum atomic E-state index is 0.693. The van der Waals surface area contributed by atoms with Crippen LogP contribution in [0.3, 0.4) is 0 Å². The van der Waals surface area contributed by atoms with Crippen LogP contribution in [0, 0.1) is 5.92 Å². The summed E-state index contributed by atoms with van der Waals surface area (Å²) in [6.45, 7) is 3.74. The molecule has 0 saturated carbocycles. The molecule has 14 heavy (non-hydrogen) atoms. The smallest absolute Gasteiger partial charge is 0.0762 e. The number of hydrogen-bond donors (Lipinski definition) is 1. The molecule has 2 heterocycles. The lowest BCUT2D eigenvalue weighted by Gasteiger charge is -2.07. The summed E-state index contributed by atoms with van der Waals surface area (Å²) >= 11 is 0. The Morgan fingerprint density at radius 1 is 1.71 bits per heavy atom. The van der Waals surface area contributed by atoms with E-state index in [1.807, 2.05) is 24.0 Å². The molecular formula is C10H17N3O. The highest BCUT2D eigenvalue weighted by Crippen LogP contribution is 2.10. The van der Waals surface area contributed by atoms with Gasteiger partial charge in [-0.1, -0.05) is 0 Å². The third-order valence-electron chi connectivity index (χ3n) is 2.53. The summed E-state index contributed by atoms with van der Waals surface area (Å²) in [5.41, 5.74) is 1.10. The summed E-state index contributed by atoms with van der Waals surface area (Å²) in [5, 5.41) is 7.70. The first-order chi connectivity index (χ1) is 6.84. The Hall–Kier alpha value is -0.870. The fourth-order valence-corrected chi connectivity index (χ4v) is 1.71. The van der Waals surface area contributed by atoms with Crippen LogP contribution in [0.2, 0.25) is 0 Å². The lowest BCUT2D eigenvalue weighted by atomic mass is 10.1. The van der Waals surface area contributed by atoms with E-state index in [1.165, 1.54) is 6.42 Å². The van der Waals surface area contributed by atoms with Gasteiger partial charge in [-0.2, -0.15) is 5.10 Å². The minimum absolute atomic E-state index is 0.693. The maximum atomic E-state index is 5.30. The second kappa shape index (κ2) is 4.57. The molecule has 1 atom stereocenters. The fourth-order valence-electron chi connectivity index (χ4n) is 1.71. The van der Waals surface area contributed by atoms with Crippen molar-refractivity contribution in [3.8, 4) is 0 Å². The van der Waals surface area contributed by atoms with Crippen LogP contribution in [0.25, 0.3) is 0 Å². The topological polar surface area (TPSA) is 39.1 Å². The summed E-state index contributed by atoms with van der Waals surface area (Å²) in [5.74, 6) is 0.693. The van der Waals surface area contributed by atoms with Crippen molar-refractivity contribution in [1.82, 2.24) is 15.1 Å². The van der Waals surface area contributed by atoms with E-state index in [0.29, 0.717) is 5.92 Å². The van der Waals surface area contributed by atoms with Gasteiger partial charge in [0.1, 0.15) is 0 Å². The molecule has 0 amide bonds. The lowest BCUT2D eigenvalue weighted by molar-refractivity contribution is 0.185. The third-order valence-corrected chi connectivity index (χ3v) is 2.53. The molecule has 1 fully saturated rings. The summed E-state index contributed by atoms with van der Waals surface area (Å²) in [6.07, 6.45) is 3.16. The quantitative estimate of drug-likeness (QED) is 0.762. The fraction of sp³-hybridized carbons (Fsp3) is 0.700. The van der Waals surface area contributed by atoms with Crippen LogP contribution >= 0.6 is 0 Å². The van der Waals surface area contributed by atoms with E-state index in [2.05, 4.69) is 10.4 Å². The van der Waals surface area contributed by atoms with Crippen molar-refractivity contribution in [2.75, 3.05) is 19.8 Å². The number of nitrogens with one attached hydrogen (secondary N) is 1. The van der Waals surface area contributed by atoms with Gasteiger partial charge >= 0.3 is 0 Å². The van der Waals surface area contributed by atoms with Crippen molar-refractivity contribution in [1.29, 1.82) is 0 Å². The maximum absolute atomic E-state index is 5.30. The molecule has 1 aromatic heterocycles. The second-order valence-corrected chi connectivity index (χ2v) is 3.84. The molecule has 4 nitrogen and oxygen atoms in total. The first kappa shape index (κ1) is 9.68. The Kier molecular flexibility index (Phi) is 3.16. The molecule has 1 unspecified atom stereocenters. The van der Waals surface area contributed by atoms with Gasteiger partial charge in [-0.05, 0) is 18.4 Å². The number of nitrogens with zero attached hydrogens (tertiary/aromatic N) is 2. The number of aromatic nitrogens is 2. The monoisotopic (exact) mass is 195 g/mol. The van der Waals surface area contributed by atoms with Crippen LogP contribution in [-0.4, -0.2) is 29.5 Å². The number of aryl methyl sites for hydroxylation is 1. The zero-order valence-corrected chi connectivity index (χ0v) is 8.57. The van der Waals surface area contributed by atoms with E-state index in [9.17, 15) is 0 Å². The van der Waals surface area contributed by atoms with Crippen molar-refractivity contribution >= 4 is 0 Å². The van der Waals surface area contributed by atoms with Gasteiger partial charge in [0.05, 0.1) is 12.3 Å². The van der Waals surface area contributed by atoms with Crippen molar-refractivity contribution in [3.63, 3.8) is 0 Å². The van der Waals surface area contributed by atoms with Crippen LogP contribution in [0.4, 0.5) is 0 Å². The predicted octanol–water partition coefficient (Wildman–Crippen LogP) is 0.546. The molecule has 0 bridgehead atoms. The van der Waals surface area contributed by atoms with Crippen LogP contribution in [0.5, 0.6) is 0 Å². The molecule has 0 spiro atoms. The van der Waals surface area contributed by atoms with E-state index < -0.39 is 0 Å². The highest BCUT2D eigenvalue weighted by atomic mass is 16.5. The van der Waals surface area contributed by atoms with Gasteiger partial charge in [-0.25, -0.2) is 0 Å². The largest absolute Gasteiger partial charge is 0.381 e. The minimum Gasteiger partial charge on any atom is -0.381 e. The molecule has 1 aromatic rings. The Morgan fingerprint density at radius 2 is 2.64 bits per heavy atom. The van der Waals surface area contributed by atoms with E-state index in [4.69, 9.17) is 4.74 Å². The van der Waals surface area contributed by atoms with Gasteiger partial charge < -0.3 is 10.1 Å². The van der Waals surface area contributed by atoms with Gasteiger partial charge in [0.2, 0.25) is 0 Å². The molecule has 1 aliphatic heterocycles. The molecule has 1 saturated heterocycles. The Labute approximate surface area is 84.3 Å². The number of rotatable bonds is 4. The molecule has 4 heteroatoms. The first-order valence-electron chi connectivity index (χ1n) is 5.11. The average Bonchev–Trinajstić information content (AvgIpc) is 2.77. The summed E-state index contributed by atoms with van der Waals surface area (Å²) in [4.78, 5) is 0. The zero-order valence-electron chi connectivity index (χ0n) is 8.57. The summed E-state index contributed by atoms with van der Waals surface area (Å²) < 4.78 is 7.13. The summed E-state index contributed by atoms with van der Waals surface area (Å²) in [6, 6.07) is 2.04. The van der Waals surface area contributed by atoms with Crippen molar-refractivity contribution < 1.29 is 4.74 Å². The SMILES string of the molecule is Cn1ccc(CNCC2CCOC2)n1. The normalized spacial score (nSPS) is 21.6. The molecule has 0 aromatic carbocycles. The number of hydrogen-bond acceptors (Lipinski definition) is 3. The molecule has 1 N–H and O–H groups in total. The molecule has 78 valence electrons.